The number of fused-ring (bicyclic) bond motifs is 1. The summed E-state index contributed by atoms with van der Waals surface area (Å²) in [7, 11) is 0. The van der Waals surface area contributed by atoms with Crippen molar-refractivity contribution in [3.8, 4) is 11.5 Å². The van der Waals surface area contributed by atoms with Gasteiger partial charge in [0, 0.05) is 5.69 Å². The number of carbonyl (C=O) groups is 2. The fourth-order valence-electron chi connectivity index (χ4n) is 2.79. The highest BCUT2D eigenvalue weighted by Gasteiger charge is 2.18. The molecule has 0 bridgehead atoms. The molecule has 4 rings (SSSR count). The molecule has 0 saturated heterocycles. The first-order chi connectivity index (χ1) is 14.6. The highest BCUT2D eigenvalue weighted by molar-refractivity contribution is 7.13. The van der Waals surface area contributed by atoms with E-state index in [1.807, 2.05) is 24.3 Å². The van der Waals surface area contributed by atoms with Crippen molar-refractivity contribution in [2.24, 2.45) is 0 Å². The van der Waals surface area contributed by atoms with E-state index in [0.29, 0.717) is 41.0 Å². The Morgan fingerprint density at radius 1 is 1.07 bits per heavy atom. The Kier molecular flexibility index (Phi) is 5.89. The van der Waals surface area contributed by atoms with Crippen LogP contribution in [0, 0.1) is 0 Å². The fourth-order valence-corrected chi connectivity index (χ4v) is 3.44. The van der Waals surface area contributed by atoms with Gasteiger partial charge in [0.2, 0.25) is 5.01 Å². The first-order valence-corrected chi connectivity index (χ1v) is 10.2. The summed E-state index contributed by atoms with van der Waals surface area (Å²) in [5.41, 5.74) is 2.21. The van der Waals surface area contributed by atoms with E-state index in [0.717, 1.165) is 17.8 Å². The average molecular weight is 425 g/mol. The molecular weight excluding hydrogens is 406 g/mol. The lowest BCUT2D eigenvalue weighted by Gasteiger charge is -2.18. The molecule has 0 spiro atoms. The lowest BCUT2D eigenvalue weighted by Crippen LogP contribution is -2.16. The number of ether oxygens (including phenoxy) is 3. The molecule has 8 nitrogen and oxygen atoms in total. The van der Waals surface area contributed by atoms with Crippen LogP contribution in [0.5, 0.6) is 11.5 Å². The Balaban J connectivity index is 1.33. The van der Waals surface area contributed by atoms with Gasteiger partial charge in [-0.15, -0.1) is 10.2 Å². The Morgan fingerprint density at radius 2 is 1.83 bits per heavy atom. The van der Waals surface area contributed by atoms with Crippen LogP contribution in [0.1, 0.15) is 37.7 Å². The number of nitrogens with zero attached hydrogens (tertiary/aromatic N) is 2. The van der Waals surface area contributed by atoms with Gasteiger partial charge in [-0.2, -0.15) is 0 Å². The molecule has 2 heterocycles. The van der Waals surface area contributed by atoms with Gasteiger partial charge in [-0.05, 0) is 42.3 Å². The maximum Gasteiger partial charge on any atom is 0.338 e. The van der Waals surface area contributed by atoms with E-state index in [1.54, 1.807) is 18.2 Å². The quantitative estimate of drug-likeness (QED) is 0.604. The van der Waals surface area contributed by atoms with Gasteiger partial charge < -0.3 is 19.5 Å². The van der Waals surface area contributed by atoms with Gasteiger partial charge in [-0.3, -0.25) is 4.79 Å². The number of aromatic nitrogens is 2. The van der Waals surface area contributed by atoms with Crippen LogP contribution in [-0.4, -0.2) is 35.3 Å². The second-order valence-corrected chi connectivity index (χ2v) is 7.50. The number of rotatable bonds is 6. The molecule has 0 unspecified atom stereocenters. The van der Waals surface area contributed by atoms with Gasteiger partial charge in [0.15, 0.2) is 16.5 Å². The van der Waals surface area contributed by atoms with E-state index in [-0.39, 0.29) is 17.5 Å². The zero-order valence-electron chi connectivity index (χ0n) is 16.2. The first-order valence-electron chi connectivity index (χ1n) is 9.42. The minimum atomic E-state index is -0.524. The molecule has 0 fully saturated rings. The molecule has 0 saturated carbocycles. The Labute approximate surface area is 176 Å². The van der Waals surface area contributed by atoms with Crippen LogP contribution in [0.4, 0.5) is 5.69 Å². The Morgan fingerprint density at radius 3 is 2.60 bits per heavy atom. The first kappa shape index (κ1) is 19.8. The van der Waals surface area contributed by atoms with Crippen molar-refractivity contribution in [2.75, 3.05) is 18.5 Å². The molecule has 1 N–H and O–H groups in total. The third kappa shape index (κ3) is 4.57. The van der Waals surface area contributed by atoms with Crippen molar-refractivity contribution >= 4 is 28.9 Å². The molecule has 154 valence electrons. The van der Waals surface area contributed by atoms with Crippen molar-refractivity contribution in [1.29, 1.82) is 0 Å². The van der Waals surface area contributed by atoms with Crippen molar-refractivity contribution in [1.82, 2.24) is 10.2 Å². The molecule has 1 aliphatic rings. The van der Waals surface area contributed by atoms with Crippen molar-refractivity contribution in [2.45, 2.75) is 20.0 Å². The molecule has 3 aromatic rings. The number of amides is 1. The Bertz CT molecular complexity index is 1060. The van der Waals surface area contributed by atoms with Crippen molar-refractivity contribution < 1.29 is 23.8 Å². The SMILES string of the molecule is CCc1ccc(NC(=O)c2nnc(COC(=O)c3ccc4c(c3)OCCO4)s2)cc1. The van der Waals surface area contributed by atoms with Gasteiger partial charge >= 0.3 is 5.97 Å². The van der Waals surface area contributed by atoms with Crippen LogP contribution in [0.15, 0.2) is 42.5 Å². The van der Waals surface area contributed by atoms with E-state index < -0.39 is 5.97 Å². The predicted octanol–water partition coefficient (Wildman–Crippen LogP) is 3.48. The second kappa shape index (κ2) is 8.91. The standard InChI is InChI=1S/C21H19N3O5S/c1-2-13-3-6-15(7-4-13)22-19(25)20-24-23-18(30-20)12-29-21(26)14-5-8-16-17(11-14)28-10-9-27-16/h3-8,11H,2,9-10,12H2,1H3,(H,22,25). The lowest BCUT2D eigenvalue weighted by molar-refractivity contribution is 0.0470. The van der Waals surface area contributed by atoms with Crippen LogP contribution < -0.4 is 14.8 Å². The summed E-state index contributed by atoms with van der Waals surface area (Å²) >= 11 is 1.07. The monoisotopic (exact) mass is 425 g/mol. The van der Waals surface area contributed by atoms with Crippen LogP contribution in [0.25, 0.3) is 0 Å². The van der Waals surface area contributed by atoms with Crippen molar-refractivity contribution in [3.05, 3.63) is 63.6 Å². The number of hydrogen-bond donors (Lipinski definition) is 1. The third-order valence-electron chi connectivity index (χ3n) is 4.39. The summed E-state index contributed by atoms with van der Waals surface area (Å²) in [6.07, 6.45) is 0.930. The predicted molar refractivity (Wildman–Crippen MR) is 110 cm³/mol. The number of aryl methyl sites for hydroxylation is 1. The average Bonchev–Trinajstić information content (AvgIpc) is 3.27. The van der Waals surface area contributed by atoms with Crippen LogP contribution in [0.3, 0.4) is 0 Å². The normalized spacial score (nSPS) is 12.3. The summed E-state index contributed by atoms with van der Waals surface area (Å²) in [5, 5.41) is 11.2. The molecule has 0 radical (unpaired) electrons. The minimum absolute atomic E-state index is 0.0799. The third-order valence-corrected chi connectivity index (χ3v) is 5.28. The molecule has 2 aromatic carbocycles. The van der Waals surface area contributed by atoms with Crippen LogP contribution >= 0.6 is 11.3 Å². The maximum atomic E-state index is 12.3. The molecule has 30 heavy (non-hydrogen) atoms. The highest BCUT2D eigenvalue weighted by atomic mass is 32.1. The van der Waals surface area contributed by atoms with E-state index in [2.05, 4.69) is 22.4 Å². The summed E-state index contributed by atoms with van der Waals surface area (Å²) in [6, 6.07) is 12.5. The summed E-state index contributed by atoms with van der Waals surface area (Å²) < 4.78 is 16.2. The summed E-state index contributed by atoms with van der Waals surface area (Å²) in [6.45, 7) is 2.90. The number of anilines is 1. The van der Waals surface area contributed by atoms with Gasteiger partial charge in [0.25, 0.3) is 5.91 Å². The largest absolute Gasteiger partial charge is 0.486 e. The minimum Gasteiger partial charge on any atom is -0.486 e. The van der Waals surface area contributed by atoms with Gasteiger partial charge in [-0.25, -0.2) is 4.79 Å². The van der Waals surface area contributed by atoms with Crippen molar-refractivity contribution in [3.63, 3.8) is 0 Å². The molecule has 0 atom stereocenters. The number of nitrogens with one attached hydrogen (secondary N) is 1. The summed E-state index contributed by atoms with van der Waals surface area (Å²) in [5.74, 6) is 0.227. The van der Waals surface area contributed by atoms with E-state index in [1.165, 1.54) is 5.56 Å². The zero-order chi connectivity index (χ0) is 20.9. The zero-order valence-corrected chi connectivity index (χ0v) is 17.0. The number of hydrogen-bond acceptors (Lipinski definition) is 8. The van der Waals surface area contributed by atoms with Crippen LogP contribution in [-0.2, 0) is 17.8 Å². The molecule has 0 aliphatic carbocycles. The molecule has 1 amide bonds. The maximum absolute atomic E-state index is 12.3. The number of benzene rings is 2. The summed E-state index contributed by atoms with van der Waals surface area (Å²) in [4.78, 5) is 24.6. The number of carbonyl (C=O) groups excluding carboxylic acids is 2. The second-order valence-electron chi connectivity index (χ2n) is 6.44. The molecule has 1 aliphatic heterocycles. The van der Waals surface area contributed by atoms with E-state index >= 15 is 0 Å². The molecule has 9 heteroatoms. The van der Waals surface area contributed by atoms with E-state index in [9.17, 15) is 9.59 Å². The fraction of sp³-hybridized carbons (Fsp3) is 0.238. The smallest absolute Gasteiger partial charge is 0.338 e. The number of esters is 1. The van der Waals surface area contributed by atoms with E-state index in [4.69, 9.17) is 14.2 Å². The van der Waals surface area contributed by atoms with Gasteiger partial charge in [-0.1, -0.05) is 30.4 Å². The lowest BCUT2D eigenvalue weighted by atomic mass is 10.1. The van der Waals surface area contributed by atoms with Gasteiger partial charge in [0.05, 0.1) is 5.56 Å². The van der Waals surface area contributed by atoms with Gasteiger partial charge in [0.1, 0.15) is 19.8 Å². The molecule has 1 aromatic heterocycles. The van der Waals surface area contributed by atoms with Crippen LogP contribution in [0.2, 0.25) is 0 Å². The molecular formula is C21H19N3O5S. The highest BCUT2D eigenvalue weighted by Crippen LogP contribution is 2.31. The Hall–Kier alpha value is -3.46. The topological polar surface area (TPSA) is 99.6 Å².